The molecule has 19 heavy (non-hydrogen) atoms. The van der Waals surface area contributed by atoms with Crippen molar-refractivity contribution >= 4 is 11.6 Å². The molecule has 0 aromatic carbocycles. The maximum absolute atomic E-state index is 6.07. The molecule has 1 atom stereocenters. The number of hydrogen-bond donors (Lipinski definition) is 1. The molecule has 1 aliphatic heterocycles. The van der Waals surface area contributed by atoms with Crippen molar-refractivity contribution in [2.75, 3.05) is 17.2 Å². The van der Waals surface area contributed by atoms with Gasteiger partial charge in [-0.1, -0.05) is 19.8 Å². The molecular formula is C15H26N4. The highest BCUT2D eigenvalue weighted by molar-refractivity contribution is 5.57. The number of rotatable bonds is 3. The average molecular weight is 262 g/mol. The molecule has 0 spiro atoms. The second kappa shape index (κ2) is 6.22. The van der Waals surface area contributed by atoms with Crippen LogP contribution in [0.1, 0.15) is 57.3 Å². The summed E-state index contributed by atoms with van der Waals surface area (Å²) in [7, 11) is 0. The van der Waals surface area contributed by atoms with Crippen LogP contribution in [0.15, 0.2) is 0 Å². The van der Waals surface area contributed by atoms with Gasteiger partial charge in [0.15, 0.2) is 0 Å². The number of anilines is 2. The van der Waals surface area contributed by atoms with Gasteiger partial charge in [-0.05, 0) is 33.1 Å². The summed E-state index contributed by atoms with van der Waals surface area (Å²) in [6.07, 6.45) is 7.09. The molecule has 0 saturated carbocycles. The number of aryl methyl sites for hydroxylation is 1. The monoisotopic (exact) mass is 262 g/mol. The number of hydrogen-bond acceptors (Lipinski definition) is 4. The van der Waals surface area contributed by atoms with Crippen molar-refractivity contribution < 1.29 is 0 Å². The van der Waals surface area contributed by atoms with Crippen molar-refractivity contribution in [3.8, 4) is 0 Å². The Balaban J connectivity index is 2.35. The van der Waals surface area contributed by atoms with E-state index in [4.69, 9.17) is 10.7 Å². The lowest BCUT2D eigenvalue weighted by Crippen LogP contribution is -2.34. The molecule has 2 heterocycles. The quantitative estimate of drug-likeness (QED) is 0.909. The summed E-state index contributed by atoms with van der Waals surface area (Å²) >= 11 is 0. The largest absolute Gasteiger partial charge is 0.383 e. The van der Waals surface area contributed by atoms with Crippen LogP contribution in [0.4, 0.5) is 11.6 Å². The molecule has 1 fully saturated rings. The Labute approximate surface area is 116 Å². The molecule has 1 unspecified atom stereocenters. The molecule has 0 radical (unpaired) electrons. The summed E-state index contributed by atoms with van der Waals surface area (Å²) in [5.74, 6) is 2.59. The number of nitrogens with zero attached hydrogens (tertiary/aromatic N) is 3. The third-order valence-corrected chi connectivity index (χ3v) is 4.00. The van der Waals surface area contributed by atoms with Crippen molar-refractivity contribution in [2.45, 2.75) is 65.3 Å². The second-order valence-corrected chi connectivity index (χ2v) is 5.62. The fraction of sp³-hybridized carbons (Fsp3) is 0.733. The van der Waals surface area contributed by atoms with Gasteiger partial charge in [0.1, 0.15) is 17.5 Å². The summed E-state index contributed by atoms with van der Waals surface area (Å²) in [6, 6.07) is 0.546. The van der Waals surface area contributed by atoms with Gasteiger partial charge in [-0.25, -0.2) is 9.97 Å². The normalized spacial score (nSPS) is 20.4. The fourth-order valence-electron chi connectivity index (χ4n) is 2.77. The van der Waals surface area contributed by atoms with Crippen LogP contribution in [-0.2, 0) is 6.42 Å². The smallest absolute Gasteiger partial charge is 0.137 e. The molecule has 1 aromatic heterocycles. The van der Waals surface area contributed by atoms with E-state index in [2.05, 4.69) is 23.7 Å². The highest BCUT2D eigenvalue weighted by atomic mass is 15.2. The zero-order chi connectivity index (χ0) is 13.8. The van der Waals surface area contributed by atoms with Crippen LogP contribution in [0, 0.1) is 6.92 Å². The van der Waals surface area contributed by atoms with E-state index in [1.165, 1.54) is 25.7 Å². The molecule has 2 rings (SSSR count). The van der Waals surface area contributed by atoms with Crippen LogP contribution in [0.3, 0.4) is 0 Å². The number of nitrogens with two attached hydrogens (primary N) is 1. The Kier molecular flexibility index (Phi) is 4.61. The van der Waals surface area contributed by atoms with E-state index in [-0.39, 0.29) is 0 Å². The van der Waals surface area contributed by atoms with Gasteiger partial charge in [-0.3, -0.25) is 0 Å². The molecule has 0 bridgehead atoms. The van der Waals surface area contributed by atoms with Crippen molar-refractivity contribution in [1.29, 1.82) is 0 Å². The summed E-state index contributed by atoms with van der Waals surface area (Å²) in [5, 5.41) is 0. The predicted molar refractivity (Wildman–Crippen MR) is 80.5 cm³/mol. The van der Waals surface area contributed by atoms with E-state index in [9.17, 15) is 0 Å². The SMILES string of the molecule is CCCc1nc(N)c(C)c(N2CCCCCC2C)n1. The maximum atomic E-state index is 6.07. The molecule has 1 aliphatic rings. The average Bonchev–Trinajstić information content (AvgIpc) is 2.59. The molecule has 0 aliphatic carbocycles. The van der Waals surface area contributed by atoms with Crippen molar-refractivity contribution in [3.05, 3.63) is 11.4 Å². The van der Waals surface area contributed by atoms with Gasteiger partial charge in [0.25, 0.3) is 0 Å². The Morgan fingerprint density at radius 3 is 2.79 bits per heavy atom. The lowest BCUT2D eigenvalue weighted by Gasteiger charge is -2.30. The molecule has 2 N–H and O–H groups in total. The van der Waals surface area contributed by atoms with Gasteiger partial charge in [0.2, 0.25) is 0 Å². The summed E-state index contributed by atoms with van der Waals surface area (Å²) in [4.78, 5) is 11.6. The third-order valence-electron chi connectivity index (χ3n) is 4.00. The molecule has 106 valence electrons. The zero-order valence-corrected chi connectivity index (χ0v) is 12.4. The first-order valence-corrected chi connectivity index (χ1v) is 7.53. The summed E-state index contributed by atoms with van der Waals surface area (Å²) in [6.45, 7) is 7.57. The number of nitrogen functional groups attached to an aromatic ring is 1. The van der Waals surface area contributed by atoms with Crippen molar-refractivity contribution in [2.24, 2.45) is 0 Å². The Hall–Kier alpha value is -1.32. The second-order valence-electron chi connectivity index (χ2n) is 5.62. The van der Waals surface area contributed by atoms with E-state index in [0.717, 1.165) is 36.6 Å². The third kappa shape index (κ3) is 3.17. The van der Waals surface area contributed by atoms with Gasteiger partial charge in [0, 0.05) is 24.6 Å². The summed E-state index contributed by atoms with van der Waals surface area (Å²) < 4.78 is 0. The van der Waals surface area contributed by atoms with Crippen LogP contribution in [0.5, 0.6) is 0 Å². The zero-order valence-electron chi connectivity index (χ0n) is 12.4. The van der Waals surface area contributed by atoms with Crippen LogP contribution < -0.4 is 10.6 Å². The molecule has 1 aromatic rings. The Morgan fingerprint density at radius 1 is 1.26 bits per heavy atom. The maximum Gasteiger partial charge on any atom is 0.137 e. The van der Waals surface area contributed by atoms with Crippen molar-refractivity contribution in [3.63, 3.8) is 0 Å². The molecular weight excluding hydrogens is 236 g/mol. The summed E-state index contributed by atoms with van der Waals surface area (Å²) in [5.41, 5.74) is 7.10. The topological polar surface area (TPSA) is 55.0 Å². The van der Waals surface area contributed by atoms with E-state index in [1.54, 1.807) is 0 Å². The van der Waals surface area contributed by atoms with Gasteiger partial charge in [-0.2, -0.15) is 0 Å². The minimum absolute atomic E-state index is 0.546. The minimum Gasteiger partial charge on any atom is -0.383 e. The van der Waals surface area contributed by atoms with Crippen LogP contribution in [0.25, 0.3) is 0 Å². The predicted octanol–water partition coefficient (Wildman–Crippen LogP) is 3.09. The van der Waals surface area contributed by atoms with Gasteiger partial charge < -0.3 is 10.6 Å². The molecule has 4 heteroatoms. The lowest BCUT2D eigenvalue weighted by molar-refractivity contribution is 0.607. The minimum atomic E-state index is 0.546. The lowest BCUT2D eigenvalue weighted by atomic mass is 10.1. The Bertz CT molecular complexity index is 430. The highest BCUT2D eigenvalue weighted by Gasteiger charge is 2.21. The molecule has 1 saturated heterocycles. The Morgan fingerprint density at radius 2 is 2.05 bits per heavy atom. The molecule has 0 amide bonds. The van der Waals surface area contributed by atoms with Gasteiger partial charge in [0.05, 0.1) is 0 Å². The van der Waals surface area contributed by atoms with Crippen molar-refractivity contribution in [1.82, 2.24) is 9.97 Å². The van der Waals surface area contributed by atoms with E-state index in [1.807, 2.05) is 6.92 Å². The van der Waals surface area contributed by atoms with E-state index >= 15 is 0 Å². The standard InChI is InChI=1S/C15H26N4/c1-4-8-13-17-14(16)12(3)15(18-13)19-10-7-5-6-9-11(19)2/h11H,4-10H2,1-3H3,(H2,16,17,18). The van der Waals surface area contributed by atoms with E-state index < -0.39 is 0 Å². The first-order valence-electron chi connectivity index (χ1n) is 7.53. The van der Waals surface area contributed by atoms with Gasteiger partial charge >= 0.3 is 0 Å². The van der Waals surface area contributed by atoms with E-state index in [0.29, 0.717) is 11.9 Å². The van der Waals surface area contributed by atoms with Crippen LogP contribution >= 0.6 is 0 Å². The van der Waals surface area contributed by atoms with Gasteiger partial charge in [-0.15, -0.1) is 0 Å². The first kappa shape index (κ1) is 14.1. The fourth-order valence-corrected chi connectivity index (χ4v) is 2.77. The van der Waals surface area contributed by atoms with Crippen LogP contribution in [0.2, 0.25) is 0 Å². The van der Waals surface area contributed by atoms with Crippen LogP contribution in [-0.4, -0.2) is 22.6 Å². The molecule has 4 nitrogen and oxygen atoms in total. The number of aromatic nitrogens is 2. The highest BCUT2D eigenvalue weighted by Crippen LogP contribution is 2.27. The first-order chi connectivity index (χ1) is 9.13.